The van der Waals surface area contributed by atoms with Gasteiger partial charge in [0.1, 0.15) is 5.82 Å². The third kappa shape index (κ3) is 3.55. The van der Waals surface area contributed by atoms with Crippen LogP contribution >= 0.6 is 43.5 Å². The molecule has 6 heteroatoms. The lowest BCUT2D eigenvalue weighted by atomic mass is 10.2. The van der Waals surface area contributed by atoms with Gasteiger partial charge in [0.15, 0.2) is 0 Å². The third-order valence-electron chi connectivity index (χ3n) is 2.44. The fourth-order valence-electron chi connectivity index (χ4n) is 1.47. The summed E-state index contributed by atoms with van der Waals surface area (Å²) in [5.41, 5.74) is 1.28. The predicted octanol–water partition coefficient (Wildman–Crippen LogP) is 4.82. The van der Waals surface area contributed by atoms with Crippen LogP contribution in [-0.4, -0.2) is 10.9 Å². The first-order chi connectivity index (χ1) is 8.97. The molecule has 1 amide bonds. The molecule has 3 nitrogen and oxygen atoms in total. The van der Waals surface area contributed by atoms with Gasteiger partial charge in [-0.2, -0.15) is 0 Å². The lowest BCUT2D eigenvalue weighted by molar-refractivity contribution is 0.102. The fraction of sp³-hybridized carbons (Fsp3) is 0.0769. The Morgan fingerprint density at radius 1 is 1.21 bits per heavy atom. The van der Waals surface area contributed by atoms with Gasteiger partial charge in [-0.1, -0.05) is 11.6 Å². The Bertz CT molecular complexity index is 647. The molecular weight excluding hydrogens is 395 g/mol. The summed E-state index contributed by atoms with van der Waals surface area (Å²) in [5.74, 6) is 0.237. The van der Waals surface area contributed by atoms with E-state index in [0.717, 1.165) is 10.2 Å². The number of hydrogen-bond acceptors (Lipinski definition) is 2. The molecule has 1 heterocycles. The van der Waals surface area contributed by atoms with Crippen molar-refractivity contribution in [1.29, 1.82) is 0 Å². The van der Waals surface area contributed by atoms with Crippen molar-refractivity contribution in [1.82, 2.24) is 4.98 Å². The van der Waals surface area contributed by atoms with Crippen LogP contribution in [-0.2, 0) is 0 Å². The predicted molar refractivity (Wildman–Crippen MR) is 83.8 cm³/mol. The molecule has 2 aromatic rings. The molecule has 0 radical (unpaired) electrons. The molecule has 0 saturated carbocycles. The first kappa shape index (κ1) is 14.5. The molecule has 0 aliphatic rings. The van der Waals surface area contributed by atoms with Gasteiger partial charge in [0, 0.05) is 14.0 Å². The van der Waals surface area contributed by atoms with Crippen LogP contribution in [0.2, 0.25) is 5.02 Å². The Kier molecular flexibility index (Phi) is 4.60. The molecule has 0 spiro atoms. The molecule has 0 bridgehead atoms. The highest BCUT2D eigenvalue weighted by atomic mass is 79.9. The largest absolute Gasteiger partial charge is 0.307 e. The van der Waals surface area contributed by atoms with Gasteiger partial charge in [-0.05, 0) is 69.1 Å². The molecule has 98 valence electrons. The van der Waals surface area contributed by atoms with Crippen LogP contribution in [0, 0.1) is 6.92 Å². The van der Waals surface area contributed by atoms with Gasteiger partial charge >= 0.3 is 0 Å². The summed E-state index contributed by atoms with van der Waals surface area (Å²) < 4.78 is 1.58. The molecule has 0 saturated heterocycles. The Hall–Kier alpha value is -0.910. The molecule has 1 N–H and O–H groups in total. The highest BCUT2D eigenvalue weighted by molar-refractivity contribution is 9.10. The second kappa shape index (κ2) is 6.03. The summed E-state index contributed by atoms with van der Waals surface area (Å²) in [4.78, 5) is 16.4. The molecule has 0 atom stereocenters. The van der Waals surface area contributed by atoms with E-state index in [2.05, 4.69) is 42.2 Å². The average Bonchev–Trinajstić information content (AvgIpc) is 2.36. The number of nitrogens with one attached hydrogen (secondary N) is 1. The third-order valence-corrected chi connectivity index (χ3v) is 4.20. The van der Waals surface area contributed by atoms with Crippen LogP contribution in [0.1, 0.15) is 16.1 Å². The number of anilines is 1. The zero-order chi connectivity index (χ0) is 14.0. The lowest BCUT2D eigenvalue weighted by Crippen LogP contribution is -2.13. The van der Waals surface area contributed by atoms with Gasteiger partial charge in [0.05, 0.1) is 11.3 Å². The summed E-state index contributed by atoms with van der Waals surface area (Å²) in [6, 6.07) is 8.62. The maximum Gasteiger partial charge on any atom is 0.258 e. The van der Waals surface area contributed by atoms with E-state index in [1.807, 2.05) is 13.0 Å². The van der Waals surface area contributed by atoms with Gasteiger partial charge in [-0.15, -0.1) is 0 Å². The molecular formula is C13H9Br2ClN2O. The zero-order valence-electron chi connectivity index (χ0n) is 9.88. The standard InChI is InChI=1S/C13H9Br2ClN2O/c1-7-10(14)4-5-12(17-7)18-13(19)9-6-8(16)2-3-11(9)15/h2-6H,1H3,(H,17,18,19). The molecule has 0 unspecified atom stereocenters. The Labute approximate surface area is 132 Å². The van der Waals surface area contributed by atoms with Crippen LogP contribution in [0.25, 0.3) is 0 Å². The molecule has 0 fully saturated rings. The molecule has 0 aliphatic carbocycles. The van der Waals surface area contributed by atoms with Crippen molar-refractivity contribution in [3.05, 3.63) is 55.6 Å². The maximum absolute atomic E-state index is 12.1. The molecule has 1 aromatic heterocycles. The summed E-state index contributed by atoms with van der Waals surface area (Å²) in [6.45, 7) is 1.86. The summed E-state index contributed by atoms with van der Waals surface area (Å²) in [5, 5.41) is 3.24. The number of benzene rings is 1. The van der Waals surface area contributed by atoms with Crippen molar-refractivity contribution >= 4 is 55.2 Å². The van der Waals surface area contributed by atoms with Crippen molar-refractivity contribution in [3.8, 4) is 0 Å². The number of rotatable bonds is 2. The summed E-state index contributed by atoms with van der Waals surface area (Å²) >= 11 is 12.6. The smallest absolute Gasteiger partial charge is 0.258 e. The van der Waals surface area contributed by atoms with Gasteiger partial charge < -0.3 is 5.32 Å². The van der Waals surface area contributed by atoms with Gasteiger partial charge in [-0.25, -0.2) is 4.98 Å². The second-order valence-electron chi connectivity index (χ2n) is 3.84. The highest BCUT2D eigenvalue weighted by Crippen LogP contribution is 2.22. The van der Waals surface area contributed by atoms with Crippen molar-refractivity contribution in [2.24, 2.45) is 0 Å². The minimum atomic E-state index is -0.261. The molecule has 19 heavy (non-hydrogen) atoms. The highest BCUT2D eigenvalue weighted by Gasteiger charge is 2.12. The van der Waals surface area contributed by atoms with E-state index < -0.39 is 0 Å². The number of nitrogens with zero attached hydrogens (tertiary/aromatic N) is 1. The Morgan fingerprint density at radius 3 is 2.58 bits per heavy atom. The average molecular weight is 404 g/mol. The quantitative estimate of drug-likeness (QED) is 0.780. The van der Waals surface area contributed by atoms with Crippen LogP contribution in [0.5, 0.6) is 0 Å². The minimum absolute atomic E-state index is 0.261. The van der Waals surface area contributed by atoms with Crippen molar-refractivity contribution in [3.63, 3.8) is 0 Å². The number of halogens is 3. The number of aromatic nitrogens is 1. The normalized spacial score (nSPS) is 10.3. The Morgan fingerprint density at radius 2 is 1.89 bits per heavy atom. The molecule has 1 aromatic carbocycles. The molecule has 2 rings (SSSR count). The molecule has 0 aliphatic heterocycles. The van der Waals surface area contributed by atoms with Crippen LogP contribution < -0.4 is 5.32 Å². The summed E-state index contributed by atoms with van der Waals surface area (Å²) in [7, 11) is 0. The lowest BCUT2D eigenvalue weighted by Gasteiger charge is -2.08. The maximum atomic E-state index is 12.1. The van der Waals surface area contributed by atoms with Crippen LogP contribution in [0.3, 0.4) is 0 Å². The zero-order valence-corrected chi connectivity index (χ0v) is 13.8. The fourth-order valence-corrected chi connectivity index (χ4v) is 2.29. The Balaban J connectivity index is 2.25. The number of carbonyl (C=O) groups is 1. The van der Waals surface area contributed by atoms with Crippen LogP contribution in [0.4, 0.5) is 5.82 Å². The van der Waals surface area contributed by atoms with E-state index in [9.17, 15) is 4.79 Å². The number of aryl methyl sites for hydroxylation is 1. The number of amides is 1. The van der Waals surface area contributed by atoms with E-state index in [0.29, 0.717) is 20.9 Å². The van der Waals surface area contributed by atoms with E-state index >= 15 is 0 Å². The van der Waals surface area contributed by atoms with Crippen molar-refractivity contribution in [2.45, 2.75) is 6.92 Å². The minimum Gasteiger partial charge on any atom is -0.307 e. The van der Waals surface area contributed by atoms with Crippen molar-refractivity contribution in [2.75, 3.05) is 5.32 Å². The van der Waals surface area contributed by atoms with E-state index in [1.165, 1.54) is 0 Å². The van der Waals surface area contributed by atoms with Gasteiger partial charge in [-0.3, -0.25) is 4.79 Å². The first-order valence-corrected chi connectivity index (χ1v) is 7.33. The number of pyridine rings is 1. The number of carbonyl (C=O) groups excluding carboxylic acids is 1. The van der Waals surface area contributed by atoms with Gasteiger partial charge in [0.2, 0.25) is 0 Å². The van der Waals surface area contributed by atoms with E-state index in [4.69, 9.17) is 11.6 Å². The number of hydrogen-bond donors (Lipinski definition) is 1. The SMILES string of the molecule is Cc1nc(NC(=O)c2cc(Cl)ccc2Br)ccc1Br. The van der Waals surface area contributed by atoms with E-state index in [1.54, 1.807) is 24.3 Å². The first-order valence-electron chi connectivity index (χ1n) is 5.37. The van der Waals surface area contributed by atoms with E-state index in [-0.39, 0.29) is 5.91 Å². The second-order valence-corrected chi connectivity index (χ2v) is 5.99. The van der Waals surface area contributed by atoms with Crippen molar-refractivity contribution < 1.29 is 4.79 Å². The topological polar surface area (TPSA) is 42.0 Å². The van der Waals surface area contributed by atoms with Gasteiger partial charge in [0.25, 0.3) is 5.91 Å². The monoisotopic (exact) mass is 402 g/mol. The van der Waals surface area contributed by atoms with Crippen LogP contribution in [0.15, 0.2) is 39.3 Å². The summed E-state index contributed by atoms with van der Waals surface area (Å²) in [6.07, 6.45) is 0.